The number of hydrogen-bond donors (Lipinski definition) is 2. The maximum atomic E-state index is 12.6. The molecule has 2 unspecified atom stereocenters. The van der Waals surface area contributed by atoms with Gasteiger partial charge in [-0.3, -0.25) is 14.9 Å². The first-order valence-corrected chi connectivity index (χ1v) is 10.8. The number of fused-ring (bicyclic) bond motifs is 1. The van der Waals surface area contributed by atoms with Crippen molar-refractivity contribution >= 4 is 46.5 Å². The minimum absolute atomic E-state index is 0.0648. The van der Waals surface area contributed by atoms with Gasteiger partial charge in [0.25, 0.3) is 11.1 Å². The van der Waals surface area contributed by atoms with Gasteiger partial charge in [0.2, 0.25) is 0 Å². The molecule has 4 heterocycles. The van der Waals surface area contributed by atoms with E-state index in [4.69, 9.17) is 0 Å². The number of hydrogen-bond acceptors (Lipinski definition) is 7. The van der Waals surface area contributed by atoms with Crippen LogP contribution in [0.2, 0.25) is 0 Å². The Morgan fingerprint density at radius 3 is 2.52 bits per heavy atom. The van der Waals surface area contributed by atoms with Crippen molar-refractivity contribution in [3.8, 4) is 0 Å². The molecule has 5 rings (SSSR count). The largest absolute Gasteiger partial charge is 0.356 e. The van der Waals surface area contributed by atoms with E-state index in [0.717, 1.165) is 36.4 Å². The van der Waals surface area contributed by atoms with E-state index in [2.05, 4.69) is 25.5 Å². The van der Waals surface area contributed by atoms with Crippen LogP contribution in [0.25, 0.3) is 6.08 Å². The molecule has 0 aliphatic carbocycles. The number of amides is 4. The lowest BCUT2D eigenvalue weighted by Gasteiger charge is -2.22. The smallest absolute Gasteiger partial charge is 0.321 e. The molecule has 4 amide bonds. The second-order valence-electron chi connectivity index (χ2n) is 7.75. The fourth-order valence-electron chi connectivity index (χ4n) is 4.22. The number of anilines is 2. The van der Waals surface area contributed by atoms with Crippen molar-refractivity contribution in [3.05, 3.63) is 53.3 Å². The van der Waals surface area contributed by atoms with E-state index in [1.165, 1.54) is 6.08 Å². The fourth-order valence-corrected chi connectivity index (χ4v) is 4.87. The van der Waals surface area contributed by atoms with Crippen LogP contribution in [0.1, 0.15) is 5.82 Å². The molecule has 158 valence electrons. The Bertz CT molecular complexity index is 1060. The van der Waals surface area contributed by atoms with Gasteiger partial charge in [0.05, 0.1) is 4.91 Å². The zero-order valence-corrected chi connectivity index (χ0v) is 17.3. The Morgan fingerprint density at radius 2 is 1.84 bits per heavy atom. The van der Waals surface area contributed by atoms with Gasteiger partial charge in [-0.2, -0.15) is 0 Å². The van der Waals surface area contributed by atoms with Gasteiger partial charge in [0.15, 0.2) is 5.82 Å². The Balaban J connectivity index is 1.22. The van der Waals surface area contributed by atoms with Crippen LogP contribution in [0.3, 0.4) is 0 Å². The van der Waals surface area contributed by atoms with Crippen LogP contribution >= 0.6 is 11.8 Å². The van der Waals surface area contributed by atoms with Gasteiger partial charge in [-0.05, 0) is 30.0 Å². The van der Waals surface area contributed by atoms with Gasteiger partial charge in [0.1, 0.15) is 5.82 Å². The Labute approximate surface area is 182 Å². The molecule has 3 aliphatic heterocycles. The maximum Gasteiger partial charge on any atom is 0.321 e. The zero-order chi connectivity index (χ0) is 21.4. The second kappa shape index (κ2) is 8.03. The standard InChI is InChI=1S/C21H20N6O3S/c28-19-16(31-21(30)25-19)8-17-22-7-6-18(24-17)26-9-13-11-27(12-14(13)10-26)20(29)23-15-4-2-1-3-5-15/h1-8,13-14H,9-12H2,(H,23,29)(H,25,28,30)/b16-8+. The number of likely N-dealkylation sites (tertiary alicyclic amines) is 1. The number of nitrogens with one attached hydrogen (secondary N) is 2. The summed E-state index contributed by atoms with van der Waals surface area (Å²) in [4.78, 5) is 48.8. The first kappa shape index (κ1) is 19.6. The molecule has 0 radical (unpaired) electrons. The molecule has 2 N–H and O–H groups in total. The van der Waals surface area contributed by atoms with Crippen molar-refractivity contribution in [3.63, 3.8) is 0 Å². The van der Waals surface area contributed by atoms with E-state index in [9.17, 15) is 14.4 Å². The molecule has 9 nitrogen and oxygen atoms in total. The topological polar surface area (TPSA) is 108 Å². The average molecular weight is 436 g/mol. The van der Waals surface area contributed by atoms with Crippen LogP contribution in [0.15, 0.2) is 47.5 Å². The summed E-state index contributed by atoms with van der Waals surface area (Å²) in [6.07, 6.45) is 3.18. The third-order valence-electron chi connectivity index (χ3n) is 5.68. The van der Waals surface area contributed by atoms with E-state index in [1.807, 2.05) is 41.3 Å². The normalized spacial score (nSPS) is 23.9. The number of nitrogens with zero attached hydrogens (tertiary/aromatic N) is 4. The van der Waals surface area contributed by atoms with E-state index in [0.29, 0.717) is 35.7 Å². The van der Waals surface area contributed by atoms with Gasteiger partial charge < -0.3 is 15.1 Å². The van der Waals surface area contributed by atoms with Crippen molar-refractivity contribution in [2.75, 3.05) is 36.4 Å². The van der Waals surface area contributed by atoms with Crippen LogP contribution in [0, 0.1) is 11.8 Å². The number of thioether (sulfide) groups is 1. The molecule has 31 heavy (non-hydrogen) atoms. The van der Waals surface area contributed by atoms with E-state index in [-0.39, 0.29) is 11.3 Å². The number of urea groups is 1. The third kappa shape index (κ3) is 4.11. The van der Waals surface area contributed by atoms with Crippen LogP contribution in [0.4, 0.5) is 21.1 Å². The lowest BCUT2D eigenvalue weighted by molar-refractivity contribution is -0.115. The number of carbonyl (C=O) groups excluding carboxylic acids is 3. The Kier molecular flexibility index (Phi) is 5.06. The second-order valence-corrected chi connectivity index (χ2v) is 8.77. The fraction of sp³-hybridized carbons (Fsp3) is 0.286. The SMILES string of the molecule is O=C1NC(=O)/C(=C\c2nccc(N3CC4CN(C(=O)Nc5ccccc5)CC4C3)n2)S1. The van der Waals surface area contributed by atoms with E-state index < -0.39 is 5.91 Å². The number of carbonyl (C=O) groups is 3. The highest BCUT2D eigenvalue weighted by molar-refractivity contribution is 8.18. The average Bonchev–Trinajstić information content (AvgIpc) is 3.42. The van der Waals surface area contributed by atoms with Crippen molar-refractivity contribution in [1.29, 1.82) is 0 Å². The van der Waals surface area contributed by atoms with E-state index in [1.54, 1.807) is 6.20 Å². The highest BCUT2D eigenvalue weighted by Gasteiger charge is 2.42. The molecule has 10 heteroatoms. The molecule has 2 aromatic rings. The predicted molar refractivity (Wildman–Crippen MR) is 117 cm³/mol. The number of imide groups is 1. The van der Waals surface area contributed by atoms with Crippen molar-refractivity contribution < 1.29 is 14.4 Å². The molecular formula is C21H20N6O3S. The molecule has 0 bridgehead atoms. The van der Waals surface area contributed by atoms with Crippen molar-refractivity contribution in [2.45, 2.75) is 0 Å². The van der Waals surface area contributed by atoms with Crippen LogP contribution in [-0.2, 0) is 4.79 Å². The Hall–Kier alpha value is -3.40. The summed E-state index contributed by atoms with van der Waals surface area (Å²) in [5.74, 6) is 1.52. The minimum Gasteiger partial charge on any atom is -0.356 e. The van der Waals surface area contributed by atoms with Crippen LogP contribution in [0.5, 0.6) is 0 Å². The summed E-state index contributed by atoms with van der Waals surface area (Å²) in [5, 5.41) is 4.79. The number of rotatable bonds is 3. The lowest BCUT2D eigenvalue weighted by atomic mass is 10.0. The molecule has 3 saturated heterocycles. The number of aromatic nitrogens is 2. The van der Waals surface area contributed by atoms with Crippen molar-refractivity contribution in [1.82, 2.24) is 20.2 Å². The summed E-state index contributed by atoms with van der Waals surface area (Å²) in [7, 11) is 0. The molecule has 3 fully saturated rings. The first-order chi connectivity index (χ1) is 15.0. The van der Waals surface area contributed by atoms with E-state index >= 15 is 0 Å². The summed E-state index contributed by atoms with van der Waals surface area (Å²) in [5.41, 5.74) is 0.796. The van der Waals surface area contributed by atoms with Crippen LogP contribution < -0.4 is 15.5 Å². The highest BCUT2D eigenvalue weighted by atomic mass is 32.2. The molecule has 3 aliphatic rings. The Morgan fingerprint density at radius 1 is 1.10 bits per heavy atom. The number of benzene rings is 1. The third-order valence-corrected chi connectivity index (χ3v) is 6.49. The van der Waals surface area contributed by atoms with Crippen LogP contribution in [-0.4, -0.2) is 58.2 Å². The summed E-state index contributed by atoms with van der Waals surface area (Å²) in [6.45, 7) is 3.03. The molecule has 1 aromatic carbocycles. The molecule has 2 atom stereocenters. The van der Waals surface area contributed by atoms with Gasteiger partial charge in [-0.25, -0.2) is 14.8 Å². The van der Waals surface area contributed by atoms with Gasteiger partial charge in [-0.1, -0.05) is 18.2 Å². The predicted octanol–water partition coefficient (Wildman–Crippen LogP) is 2.40. The molecule has 0 spiro atoms. The lowest BCUT2D eigenvalue weighted by Crippen LogP contribution is -2.36. The van der Waals surface area contributed by atoms with Gasteiger partial charge in [0, 0.05) is 56.0 Å². The monoisotopic (exact) mass is 436 g/mol. The van der Waals surface area contributed by atoms with Gasteiger partial charge >= 0.3 is 6.03 Å². The zero-order valence-electron chi connectivity index (χ0n) is 16.5. The summed E-state index contributed by atoms with van der Waals surface area (Å²) in [6, 6.07) is 11.2. The number of para-hydroxylation sites is 1. The summed E-state index contributed by atoms with van der Waals surface area (Å²) >= 11 is 0.848. The quantitative estimate of drug-likeness (QED) is 0.712. The summed E-state index contributed by atoms with van der Waals surface area (Å²) < 4.78 is 0. The maximum absolute atomic E-state index is 12.6. The van der Waals surface area contributed by atoms with Gasteiger partial charge in [-0.15, -0.1) is 0 Å². The minimum atomic E-state index is -0.423. The molecular weight excluding hydrogens is 416 g/mol. The molecule has 0 saturated carbocycles. The first-order valence-electron chi connectivity index (χ1n) is 9.99. The highest BCUT2D eigenvalue weighted by Crippen LogP contribution is 2.34. The van der Waals surface area contributed by atoms with Crippen molar-refractivity contribution in [2.24, 2.45) is 11.8 Å². The molecule has 1 aromatic heterocycles.